The molecule has 1 aromatic heterocycles. The Kier molecular flexibility index (Phi) is 6.15. The van der Waals surface area contributed by atoms with Crippen molar-refractivity contribution in [2.45, 2.75) is 51.1 Å². The molecule has 1 fully saturated rings. The molecule has 1 saturated heterocycles. The molecule has 6 heteroatoms. The van der Waals surface area contributed by atoms with Crippen molar-refractivity contribution >= 4 is 40.4 Å². The summed E-state index contributed by atoms with van der Waals surface area (Å²) in [4.78, 5) is 11.9. The van der Waals surface area contributed by atoms with Crippen LogP contribution in [-0.2, 0) is 11.2 Å². The average molecular weight is 335 g/mol. The second kappa shape index (κ2) is 7.64. The van der Waals surface area contributed by atoms with E-state index < -0.39 is 0 Å². The van der Waals surface area contributed by atoms with Gasteiger partial charge in [0.15, 0.2) is 0 Å². The maximum atomic E-state index is 11.9. The van der Waals surface area contributed by atoms with E-state index in [1.54, 1.807) is 0 Å². The topological polar surface area (TPSA) is 41.1 Å². The third-order valence-corrected chi connectivity index (χ3v) is 5.25. The predicted molar refractivity (Wildman–Crippen MR) is 85.9 cm³/mol. The molecule has 2 unspecified atom stereocenters. The number of carbonyl (C=O) groups is 1. The minimum Gasteiger partial charge on any atom is -0.352 e. The van der Waals surface area contributed by atoms with E-state index >= 15 is 0 Å². The molecule has 3 nitrogen and oxygen atoms in total. The van der Waals surface area contributed by atoms with Gasteiger partial charge in [-0.1, -0.05) is 23.2 Å². The van der Waals surface area contributed by atoms with Crippen molar-refractivity contribution in [2.24, 2.45) is 0 Å². The summed E-state index contributed by atoms with van der Waals surface area (Å²) in [5.41, 5.74) is 1.04. The minimum atomic E-state index is 0.128. The van der Waals surface area contributed by atoms with Gasteiger partial charge in [0.2, 0.25) is 5.91 Å². The van der Waals surface area contributed by atoms with E-state index in [0.29, 0.717) is 16.8 Å². The monoisotopic (exact) mass is 334 g/mol. The van der Waals surface area contributed by atoms with E-state index in [4.69, 9.17) is 23.2 Å². The SMILES string of the molecule is CC1NCCCC1NC(=O)CCCc1cc(Cl)sc1Cl. The number of rotatable bonds is 5. The molecular weight excluding hydrogens is 315 g/mol. The Labute approximate surface area is 134 Å². The molecular formula is C14H20Cl2N2OS. The Bertz CT molecular complexity index is 464. The molecule has 2 atom stereocenters. The number of thiophene rings is 1. The first-order chi connectivity index (χ1) is 9.56. The molecule has 20 heavy (non-hydrogen) atoms. The summed E-state index contributed by atoms with van der Waals surface area (Å²) < 4.78 is 1.44. The maximum absolute atomic E-state index is 11.9. The summed E-state index contributed by atoms with van der Waals surface area (Å²) >= 11 is 13.3. The summed E-state index contributed by atoms with van der Waals surface area (Å²) in [7, 11) is 0. The van der Waals surface area contributed by atoms with E-state index in [1.807, 2.05) is 6.07 Å². The highest BCUT2D eigenvalue weighted by atomic mass is 35.5. The van der Waals surface area contributed by atoms with Crippen molar-refractivity contribution in [3.05, 3.63) is 20.3 Å². The van der Waals surface area contributed by atoms with Gasteiger partial charge in [-0.2, -0.15) is 0 Å². The van der Waals surface area contributed by atoms with Crippen LogP contribution in [0.5, 0.6) is 0 Å². The molecule has 0 spiro atoms. The van der Waals surface area contributed by atoms with Crippen LogP contribution in [0.1, 0.15) is 38.2 Å². The standard InChI is InChI=1S/C14H20Cl2N2OS/c1-9-11(5-3-7-17-9)18-13(19)6-2-4-10-8-12(15)20-14(10)16/h8-9,11,17H,2-7H2,1H3,(H,18,19). The molecule has 1 aliphatic heterocycles. The molecule has 0 bridgehead atoms. The Balaban J connectivity index is 1.71. The van der Waals surface area contributed by atoms with Crippen molar-refractivity contribution in [3.63, 3.8) is 0 Å². The molecule has 2 N–H and O–H groups in total. The largest absolute Gasteiger partial charge is 0.352 e. The van der Waals surface area contributed by atoms with Gasteiger partial charge in [0.05, 0.1) is 8.67 Å². The quantitative estimate of drug-likeness (QED) is 0.863. The summed E-state index contributed by atoms with van der Waals surface area (Å²) in [5, 5.41) is 6.50. The number of amides is 1. The van der Waals surface area contributed by atoms with Gasteiger partial charge in [0.25, 0.3) is 0 Å². The fraction of sp³-hybridized carbons (Fsp3) is 0.643. The fourth-order valence-electron chi connectivity index (χ4n) is 2.50. The normalized spacial score (nSPS) is 22.8. The lowest BCUT2D eigenvalue weighted by molar-refractivity contribution is -0.122. The Hall–Kier alpha value is -0.290. The Morgan fingerprint density at radius 2 is 2.35 bits per heavy atom. The van der Waals surface area contributed by atoms with Crippen LogP contribution < -0.4 is 10.6 Å². The van der Waals surface area contributed by atoms with Gasteiger partial charge in [0.1, 0.15) is 0 Å². The van der Waals surface area contributed by atoms with Crippen LogP contribution in [0.2, 0.25) is 8.67 Å². The van der Waals surface area contributed by atoms with E-state index in [2.05, 4.69) is 17.6 Å². The highest BCUT2D eigenvalue weighted by Gasteiger charge is 2.22. The molecule has 112 valence electrons. The van der Waals surface area contributed by atoms with E-state index in [0.717, 1.165) is 42.1 Å². The molecule has 0 aliphatic carbocycles. The summed E-state index contributed by atoms with van der Waals surface area (Å²) in [6.45, 7) is 3.17. The van der Waals surface area contributed by atoms with Crippen molar-refractivity contribution in [1.29, 1.82) is 0 Å². The lowest BCUT2D eigenvalue weighted by Crippen LogP contribution is -2.51. The van der Waals surface area contributed by atoms with Crippen molar-refractivity contribution < 1.29 is 4.79 Å². The van der Waals surface area contributed by atoms with Gasteiger partial charge in [-0.15, -0.1) is 11.3 Å². The van der Waals surface area contributed by atoms with Crippen molar-refractivity contribution in [2.75, 3.05) is 6.54 Å². The molecule has 0 radical (unpaired) electrons. The lowest BCUT2D eigenvalue weighted by Gasteiger charge is -2.30. The Morgan fingerprint density at radius 3 is 3.00 bits per heavy atom. The third-order valence-electron chi connectivity index (χ3n) is 3.69. The molecule has 2 rings (SSSR count). The van der Waals surface area contributed by atoms with Gasteiger partial charge >= 0.3 is 0 Å². The molecule has 1 aliphatic rings. The summed E-state index contributed by atoms with van der Waals surface area (Å²) in [6, 6.07) is 2.51. The van der Waals surface area contributed by atoms with Crippen LogP contribution in [0.25, 0.3) is 0 Å². The first-order valence-electron chi connectivity index (χ1n) is 7.02. The van der Waals surface area contributed by atoms with Gasteiger partial charge in [-0.3, -0.25) is 4.79 Å². The molecule has 2 heterocycles. The predicted octanol–water partition coefficient (Wildman–Crippen LogP) is 3.63. The average Bonchev–Trinajstić information content (AvgIpc) is 2.71. The highest BCUT2D eigenvalue weighted by molar-refractivity contribution is 7.20. The first-order valence-corrected chi connectivity index (χ1v) is 8.60. The van der Waals surface area contributed by atoms with Crippen LogP contribution in [0.15, 0.2) is 6.07 Å². The molecule has 0 saturated carbocycles. The van der Waals surface area contributed by atoms with Crippen LogP contribution in [-0.4, -0.2) is 24.5 Å². The smallest absolute Gasteiger partial charge is 0.220 e. The van der Waals surface area contributed by atoms with Crippen LogP contribution >= 0.6 is 34.5 Å². The first kappa shape index (κ1) is 16.1. The second-order valence-corrected chi connectivity index (χ2v) is 7.55. The minimum absolute atomic E-state index is 0.128. The maximum Gasteiger partial charge on any atom is 0.220 e. The van der Waals surface area contributed by atoms with E-state index in [-0.39, 0.29) is 11.9 Å². The molecule has 0 aromatic carbocycles. The lowest BCUT2D eigenvalue weighted by atomic mass is 9.99. The number of nitrogens with one attached hydrogen (secondary N) is 2. The fourth-order valence-corrected chi connectivity index (χ4v) is 4.05. The van der Waals surface area contributed by atoms with E-state index in [1.165, 1.54) is 11.3 Å². The van der Waals surface area contributed by atoms with Crippen LogP contribution in [0, 0.1) is 0 Å². The molecule has 1 aromatic rings. The summed E-state index contributed by atoms with van der Waals surface area (Å²) in [5.74, 6) is 0.128. The molecule has 1 amide bonds. The van der Waals surface area contributed by atoms with Gasteiger partial charge < -0.3 is 10.6 Å². The Morgan fingerprint density at radius 1 is 1.55 bits per heavy atom. The zero-order chi connectivity index (χ0) is 14.5. The third kappa shape index (κ3) is 4.62. The van der Waals surface area contributed by atoms with Crippen LogP contribution in [0.3, 0.4) is 0 Å². The zero-order valence-electron chi connectivity index (χ0n) is 11.5. The number of piperidine rings is 1. The van der Waals surface area contributed by atoms with E-state index in [9.17, 15) is 4.79 Å². The number of hydrogen-bond acceptors (Lipinski definition) is 3. The highest BCUT2D eigenvalue weighted by Crippen LogP contribution is 2.32. The zero-order valence-corrected chi connectivity index (χ0v) is 13.9. The van der Waals surface area contributed by atoms with Crippen LogP contribution in [0.4, 0.5) is 0 Å². The second-order valence-electron chi connectivity index (χ2n) is 5.26. The van der Waals surface area contributed by atoms with Crippen molar-refractivity contribution in [3.8, 4) is 0 Å². The van der Waals surface area contributed by atoms with Gasteiger partial charge in [0, 0.05) is 18.5 Å². The van der Waals surface area contributed by atoms with Gasteiger partial charge in [-0.25, -0.2) is 0 Å². The number of carbonyl (C=O) groups excluding carboxylic acids is 1. The van der Waals surface area contributed by atoms with Crippen molar-refractivity contribution in [1.82, 2.24) is 10.6 Å². The number of hydrogen-bond donors (Lipinski definition) is 2. The summed E-state index contributed by atoms with van der Waals surface area (Å²) in [6.07, 6.45) is 4.32. The number of aryl methyl sites for hydroxylation is 1. The number of halogens is 2. The van der Waals surface area contributed by atoms with Gasteiger partial charge in [-0.05, 0) is 50.8 Å².